The summed E-state index contributed by atoms with van der Waals surface area (Å²) in [6, 6.07) is 1.16. The summed E-state index contributed by atoms with van der Waals surface area (Å²) in [6.07, 6.45) is 0.784. The standard InChI is InChI=1S/C13H22N2O5S4.ClH/c1-3-15-11-6-9(4-5-21-8(2)16)23(17,18)13-10(11)7-12(22-13)24(14,19)20;/h7-9,11,15-16H,3-6H2,1-2H3,(H2,14,19,20);1H. The monoisotopic (exact) mass is 450 g/mol. The van der Waals surface area contributed by atoms with Crippen LogP contribution in [0.4, 0.5) is 0 Å². The molecule has 0 spiro atoms. The molecule has 25 heavy (non-hydrogen) atoms. The Bertz CT molecular complexity index is 791. The lowest BCUT2D eigenvalue weighted by Gasteiger charge is -2.29. The second kappa shape index (κ2) is 8.87. The van der Waals surface area contributed by atoms with Gasteiger partial charge in [-0.3, -0.25) is 0 Å². The molecule has 0 saturated heterocycles. The number of hydrogen-bond donors (Lipinski definition) is 3. The number of sulfonamides is 1. The van der Waals surface area contributed by atoms with Gasteiger partial charge in [0, 0.05) is 11.6 Å². The number of nitrogens with two attached hydrogens (primary N) is 1. The molecule has 0 bridgehead atoms. The second-order valence-electron chi connectivity index (χ2n) is 5.63. The fourth-order valence-electron chi connectivity index (χ4n) is 2.72. The summed E-state index contributed by atoms with van der Waals surface area (Å²) in [5, 5.41) is 17.1. The zero-order chi connectivity index (χ0) is 18.1. The summed E-state index contributed by atoms with van der Waals surface area (Å²) in [5.74, 6) is 0.517. The Kier molecular flexibility index (Phi) is 8.22. The fraction of sp³-hybridized carbons (Fsp3) is 0.692. The molecule has 1 aromatic rings. The van der Waals surface area contributed by atoms with Crippen LogP contribution < -0.4 is 10.5 Å². The average Bonchev–Trinajstić information content (AvgIpc) is 2.90. The van der Waals surface area contributed by atoms with Crippen LogP contribution in [0.25, 0.3) is 0 Å². The minimum Gasteiger partial charge on any atom is -0.383 e. The number of aliphatic hydroxyl groups is 1. The molecule has 7 nitrogen and oxygen atoms in total. The highest BCUT2D eigenvalue weighted by Crippen LogP contribution is 2.43. The first-order chi connectivity index (χ1) is 11.1. The molecule has 0 saturated carbocycles. The number of fused-ring (bicyclic) bond motifs is 1. The van der Waals surface area contributed by atoms with Crippen LogP contribution in [0.3, 0.4) is 0 Å². The van der Waals surface area contributed by atoms with Crippen molar-refractivity contribution < 1.29 is 21.9 Å². The van der Waals surface area contributed by atoms with Gasteiger partial charge in [-0.05, 0) is 38.1 Å². The molecule has 1 aliphatic rings. The Morgan fingerprint density at radius 1 is 1.52 bits per heavy atom. The van der Waals surface area contributed by atoms with Crippen LogP contribution in [-0.2, 0) is 19.9 Å². The lowest BCUT2D eigenvalue weighted by Crippen LogP contribution is -2.35. The van der Waals surface area contributed by atoms with Crippen molar-refractivity contribution in [2.75, 3.05) is 12.3 Å². The van der Waals surface area contributed by atoms with E-state index in [2.05, 4.69) is 5.32 Å². The molecule has 0 aliphatic carbocycles. The molecule has 4 N–H and O–H groups in total. The molecule has 0 aromatic carbocycles. The molecule has 1 aromatic heterocycles. The molecule has 3 atom stereocenters. The van der Waals surface area contributed by atoms with E-state index in [1.807, 2.05) is 6.92 Å². The molecule has 2 rings (SSSR count). The maximum Gasteiger partial charge on any atom is 0.247 e. The fourth-order valence-corrected chi connectivity index (χ4v) is 8.33. The summed E-state index contributed by atoms with van der Waals surface area (Å²) in [6.45, 7) is 4.19. The first-order valence-electron chi connectivity index (χ1n) is 7.50. The third-order valence-electron chi connectivity index (χ3n) is 3.80. The van der Waals surface area contributed by atoms with Gasteiger partial charge in [-0.2, -0.15) is 0 Å². The van der Waals surface area contributed by atoms with Crippen molar-refractivity contribution in [1.82, 2.24) is 5.32 Å². The van der Waals surface area contributed by atoms with E-state index in [4.69, 9.17) is 5.14 Å². The molecule has 3 unspecified atom stereocenters. The first kappa shape index (κ1) is 23.2. The Morgan fingerprint density at radius 3 is 2.68 bits per heavy atom. The van der Waals surface area contributed by atoms with Gasteiger partial charge >= 0.3 is 0 Å². The largest absolute Gasteiger partial charge is 0.383 e. The number of rotatable bonds is 7. The van der Waals surface area contributed by atoms with Crippen LogP contribution in [0, 0.1) is 0 Å². The van der Waals surface area contributed by atoms with Gasteiger partial charge in [0.1, 0.15) is 8.42 Å². The van der Waals surface area contributed by atoms with Gasteiger partial charge in [0.15, 0.2) is 9.84 Å². The van der Waals surface area contributed by atoms with Gasteiger partial charge in [-0.15, -0.1) is 35.5 Å². The molecular formula is C13H23ClN2O5S4. The van der Waals surface area contributed by atoms with Gasteiger partial charge in [-0.1, -0.05) is 6.92 Å². The number of sulfone groups is 1. The summed E-state index contributed by atoms with van der Waals surface area (Å²) >= 11 is 2.01. The predicted molar refractivity (Wildman–Crippen MR) is 104 cm³/mol. The molecular weight excluding hydrogens is 428 g/mol. The molecule has 0 fully saturated rings. The lowest BCUT2D eigenvalue weighted by molar-refractivity contribution is 0.284. The van der Waals surface area contributed by atoms with Gasteiger partial charge in [0.25, 0.3) is 0 Å². The van der Waals surface area contributed by atoms with Gasteiger partial charge in [0.2, 0.25) is 10.0 Å². The van der Waals surface area contributed by atoms with E-state index in [1.54, 1.807) is 6.92 Å². The smallest absolute Gasteiger partial charge is 0.247 e. The van der Waals surface area contributed by atoms with E-state index in [0.29, 0.717) is 30.7 Å². The summed E-state index contributed by atoms with van der Waals surface area (Å²) < 4.78 is 48.9. The van der Waals surface area contributed by atoms with Crippen LogP contribution >= 0.6 is 35.5 Å². The number of hydrogen-bond acceptors (Lipinski definition) is 8. The minimum absolute atomic E-state index is 0. The van der Waals surface area contributed by atoms with Crippen LogP contribution in [0.1, 0.15) is 38.3 Å². The van der Waals surface area contributed by atoms with E-state index in [0.717, 1.165) is 11.3 Å². The van der Waals surface area contributed by atoms with Crippen LogP contribution in [0.2, 0.25) is 0 Å². The van der Waals surface area contributed by atoms with E-state index in [-0.39, 0.29) is 26.9 Å². The number of halogens is 1. The summed E-state index contributed by atoms with van der Waals surface area (Å²) in [7, 11) is -7.55. The lowest BCUT2D eigenvalue weighted by atomic mass is 10.0. The van der Waals surface area contributed by atoms with Crippen LogP contribution in [-0.4, -0.2) is 44.9 Å². The molecule has 0 radical (unpaired) electrons. The number of aliphatic hydroxyl groups excluding tert-OH is 1. The number of thiophene rings is 1. The number of primary sulfonamides is 1. The molecule has 1 aliphatic heterocycles. The Labute approximate surface area is 163 Å². The normalized spacial score (nSPS) is 23.5. The molecule has 146 valence electrons. The van der Waals surface area contributed by atoms with E-state index >= 15 is 0 Å². The Balaban J connectivity index is 0.00000312. The maximum atomic E-state index is 12.8. The number of thioether (sulfide) groups is 1. The second-order valence-corrected chi connectivity index (χ2v) is 12.3. The SMILES string of the molecule is CCNC1CC(CCSC(C)O)S(=O)(=O)c2sc(S(N)(=O)=O)cc21.Cl. The van der Waals surface area contributed by atoms with E-state index in [1.165, 1.54) is 17.8 Å². The van der Waals surface area contributed by atoms with Gasteiger partial charge in [-0.25, -0.2) is 22.0 Å². The predicted octanol–water partition coefficient (Wildman–Crippen LogP) is 1.48. The molecule has 2 heterocycles. The maximum absolute atomic E-state index is 12.8. The van der Waals surface area contributed by atoms with Gasteiger partial charge < -0.3 is 10.4 Å². The van der Waals surface area contributed by atoms with Crippen LogP contribution in [0.5, 0.6) is 0 Å². The van der Waals surface area contributed by atoms with Crippen molar-refractivity contribution in [3.63, 3.8) is 0 Å². The van der Waals surface area contributed by atoms with Crippen molar-refractivity contribution in [2.45, 2.75) is 51.8 Å². The zero-order valence-electron chi connectivity index (χ0n) is 13.8. The third kappa shape index (κ3) is 5.32. The van der Waals surface area contributed by atoms with Crippen LogP contribution in [0.15, 0.2) is 14.5 Å². The first-order valence-corrected chi connectivity index (χ1v) is 12.5. The topological polar surface area (TPSA) is 127 Å². The Hall–Kier alpha value is 0.120. The quantitative estimate of drug-likeness (QED) is 0.537. The highest BCUT2D eigenvalue weighted by Gasteiger charge is 2.41. The van der Waals surface area contributed by atoms with Crippen molar-refractivity contribution >= 4 is 55.4 Å². The minimum atomic E-state index is -3.94. The highest BCUT2D eigenvalue weighted by molar-refractivity contribution is 7.99. The van der Waals surface area contributed by atoms with E-state index < -0.39 is 30.5 Å². The van der Waals surface area contributed by atoms with E-state index in [9.17, 15) is 21.9 Å². The van der Waals surface area contributed by atoms with Gasteiger partial charge in [0.05, 0.1) is 10.7 Å². The summed E-state index contributed by atoms with van der Waals surface area (Å²) in [5.41, 5.74) is -0.0579. The molecule has 0 amide bonds. The van der Waals surface area contributed by atoms with Crippen molar-refractivity contribution in [3.8, 4) is 0 Å². The summed E-state index contributed by atoms with van der Waals surface area (Å²) in [4.78, 5) is 0. The highest BCUT2D eigenvalue weighted by atomic mass is 35.5. The van der Waals surface area contributed by atoms with Crippen molar-refractivity contribution in [3.05, 3.63) is 11.6 Å². The zero-order valence-corrected chi connectivity index (χ0v) is 17.9. The number of nitrogens with one attached hydrogen (secondary N) is 1. The van der Waals surface area contributed by atoms with Crippen molar-refractivity contribution in [1.29, 1.82) is 0 Å². The van der Waals surface area contributed by atoms with Crippen molar-refractivity contribution in [2.24, 2.45) is 5.14 Å². The Morgan fingerprint density at radius 2 is 2.16 bits per heavy atom. The molecule has 12 heteroatoms. The third-order valence-corrected chi connectivity index (χ3v) is 10.1. The average molecular weight is 451 g/mol.